The van der Waals surface area contributed by atoms with Crippen LogP contribution in [0.5, 0.6) is 5.75 Å². The first-order valence-corrected chi connectivity index (χ1v) is 13.1. The van der Waals surface area contributed by atoms with Crippen LogP contribution in [-0.4, -0.2) is 73.0 Å². The zero-order valence-corrected chi connectivity index (χ0v) is 22.4. The van der Waals surface area contributed by atoms with Crippen molar-refractivity contribution in [2.75, 3.05) is 44.2 Å². The second kappa shape index (κ2) is 12.1. The number of piperidine rings is 1. The third kappa shape index (κ3) is 7.54. The van der Waals surface area contributed by atoms with Crippen molar-refractivity contribution >= 4 is 17.9 Å². The molecule has 9 heteroatoms. The summed E-state index contributed by atoms with van der Waals surface area (Å²) in [6, 6.07) is 17.4. The molecule has 38 heavy (non-hydrogen) atoms. The fourth-order valence-corrected chi connectivity index (χ4v) is 4.53. The summed E-state index contributed by atoms with van der Waals surface area (Å²) < 4.78 is 17.2. The Bertz CT molecular complexity index is 1140. The van der Waals surface area contributed by atoms with E-state index in [-0.39, 0.29) is 24.9 Å². The monoisotopic (exact) mass is 520 g/mol. The van der Waals surface area contributed by atoms with Gasteiger partial charge in [0, 0.05) is 63.9 Å². The molecule has 9 nitrogen and oxygen atoms in total. The number of anilines is 1. The maximum absolute atomic E-state index is 12.5. The predicted molar refractivity (Wildman–Crippen MR) is 143 cm³/mol. The summed E-state index contributed by atoms with van der Waals surface area (Å²) in [5, 5.41) is 9.59. The molecule has 2 fully saturated rings. The molecule has 2 heterocycles. The molecule has 4 rings (SSSR count). The number of hydrogen-bond donors (Lipinski definition) is 0. The van der Waals surface area contributed by atoms with Gasteiger partial charge in [-0.25, -0.2) is 9.59 Å². The highest BCUT2D eigenvalue weighted by Crippen LogP contribution is 2.28. The molecule has 0 unspecified atom stereocenters. The van der Waals surface area contributed by atoms with Crippen LogP contribution in [0.2, 0.25) is 0 Å². The lowest BCUT2D eigenvalue weighted by molar-refractivity contribution is 0.0240. The highest BCUT2D eigenvalue weighted by Gasteiger charge is 2.28. The Morgan fingerprint density at radius 1 is 0.921 bits per heavy atom. The van der Waals surface area contributed by atoms with Gasteiger partial charge in [0.2, 0.25) is 0 Å². The Morgan fingerprint density at radius 3 is 2.21 bits per heavy atom. The van der Waals surface area contributed by atoms with Crippen molar-refractivity contribution in [3.63, 3.8) is 0 Å². The van der Waals surface area contributed by atoms with Crippen molar-refractivity contribution in [1.82, 2.24) is 9.80 Å². The quantitative estimate of drug-likeness (QED) is 0.559. The van der Waals surface area contributed by atoms with Gasteiger partial charge in [0.15, 0.2) is 0 Å². The summed E-state index contributed by atoms with van der Waals surface area (Å²) in [7, 11) is 0. The minimum Gasteiger partial charge on any atom is -0.490 e. The van der Waals surface area contributed by atoms with Crippen LogP contribution < -0.4 is 9.64 Å². The molecule has 0 saturated carbocycles. The van der Waals surface area contributed by atoms with Gasteiger partial charge in [0.05, 0.1) is 11.6 Å². The predicted octanol–water partition coefficient (Wildman–Crippen LogP) is 4.80. The molecule has 2 aliphatic heterocycles. The van der Waals surface area contributed by atoms with Gasteiger partial charge in [-0.15, -0.1) is 0 Å². The standard InChI is InChI=1S/C29H36N4O5/c1-29(2,3)38-28(35)33-15-13-31(14-16-33)24-17-23(20-30)18-26(19-24)37-25-9-11-32(12-10-25)27(34)36-21-22-7-5-4-6-8-22/h4-8,17-19,25H,9-16,21H2,1-3H3. The maximum Gasteiger partial charge on any atom is 0.410 e. The molecule has 2 aromatic carbocycles. The lowest BCUT2D eigenvalue weighted by atomic mass is 10.1. The molecule has 2 aromatic rings. The van der Waals surface area contributed by atoms with Crippen LogP contribution in [0.3, 0.4) is 0 Å². The zero-order chi connectivity index (χ0) is 27.1. The lowest BCUT2D eigenvalue weighted by Crippen LogP contribution is -2.50. The number of likely N-dealkylation sites (tertiary alicyclic amines) is 1. The van der Waals surface area contributed by atoms with E-state index in [0.717, 1.165) is 11.3 Å². The summed E-state index contributed by atoms with van der Waals surface area (Å²) in [5.74, 6) is 0.638. The summed E-state index contributed by atoms with van der Waals surface area (Å²) in [6.45, 7) is 9.29. The Kier molecular flexibility index (Phi) is 8.62. The average Bonchev–Trinajstić information content (AvgIpc) is 2.91. The van der Waals surface area contributed by atoms with Crippen LogP contribution in [0, 0.1) is 11.3 Å². The first-order chi connectivity index (χ1) is 18.2. The van der Waals surface area contributed by atoms with Crippen molar-refractivity contribution in [1.29, 1.82) is 5.26 Å². The molecule has 0 aromatic heterocycles. The van der Waals surface area contributed by atoms with E-state index < -0.39 is 5.60 Å². The molecule has 0 bridgehead atoms. The number of piperazine rings is 1. The third-order valence-corrected chi connectivity index (χ3v) is 6.52. The van der Waals surface area contributed by atoms with E-state index in [1.54, 1.807) is 15.9 Å². The second-order valence-electron chi connectivity index (χ2n) is 10.6. The van der Waals surface area contributed by atoms with Gasteiger partial charge in [-0.1, -0.05) is 30.3 Å². The van der Waals surface area contributed by atoms with Gasteiger partial charge >= 0.3 is 12.2 Å². The number of hydrogen-bond acceptors (Lipinski definition) is 7. The van der Waals surface area contributed by atoms with Crippen molar-refractivity contribution in [2.24, 2.45) is 0 Å². The first kappa shape index (κ1) is 27.1. The lowest BCUT2D eigenvalue weighted by Gasteiger charge is -2.37. The van der Waals surface area contributed by atoms with Crippen LogP contribution in [-0.2, 0) is 16.1 Å². The van der Waals surface area contributed by atoms with Gasteiger partial charge in [0.25, 0.3) is 0 Å². The molecule has 0 radical (unpaired) electrons. The third-order valence-electron chi connectivity index (χ3n) is 6.52. The molecule has 0 atom stereocenters. The summed E-state index contributed by atoms with van der Waals surface area (Å²) >= 11 is 0. The number of benzene rings is 2. The minimum absolute atomic E-state index is 0.0565. The van der Waals surface area contributed by atoms with Gasteiger partial charge in [-0.05, 0) is 38.5 Å². The van der Waals surface area contributed by atoms with E-state index in [1.165, 1.54) is 0 Å². The van der Waals surface area contributed by atoms with Gasteiger partial charge < -0.3 is 28.9 Å². The van der Waals surface area contributed by atoms with E-state index in [2.05, 4.69) is 11.0 Å². The van der Waals surface area contributed by atoms with Gasteiger partial charge in [-0.3, -0.25) is 0 Å². The average molecular weight is 521 g/mol. The van der Waals surface area contributed by atoms with Crippen molar-refractivity contribution < 1.29 is 23.8 Å². The molecular formula is C29H36N4O5. The smallest absolute Gasteiger partial charge is 0.410 e. The van der Waals surface area contributed by atoms with Gasteiger partial charge in [-0.2, -0.15) is 5.26 Å². The van der Waals surface area contributed by atoms with Crippen molar-refractivity contribution in [3.8, 4) is 11.8 Å². The van der Waals surface area contributed by atoms with E-state index in [9.17, 15) is 14.9 Å². The molecule has 0 aliphatic carbocycles. The second-order valence-corrected chi connectivity index (χ2v) is 10.6. The Morgan fingerprint density at radius 2 is 1.58 bits per heavy atom. The summed E-state index contributed by atoms with van der Waals surface area (Å²) in [5.41, 5.74) is 1.84. The van der Waals surface area contributed by atoms with E-state index in [0.29, 0.717) is 63.4 Å². The highest BCUT2D eigenvalue weighted by atomic mass is 16.6. The molecule has 0 spiro atoms. The van der Waals surface area contributed by atoms with Crippen LogP contribution in [0.15, 0.2) is 48.5 Å². The number of ether oxygens (including phenoxy) is 3. The molecule has 2 amide bonds. The molecule has 2 aliphatic rings. The number of carbonyl (C=O) groups is 2. The molecular weight excluding hydrogens is 484 g/mol. The van der Waals surface area contributed by atoms with E-state index >= 15 is 0 Å². The molecule has 2 saturated heterocycles. The SMILES string of the molecule is CC(C)(C)OC(=O)N1CCN(c2cc(C#N)cc(OC3CCN(C(=O)OCc4ccccc4)CC3)c2)CC1. The number of carbonyl (C=O) groups excluding carboxylic acids is 2. The van der Waals surface area contributed by atoms with Crippen LogP contribution >= 0.6 is 0 Å². The van der Waals surface area contributed by atoms with Crippen molar-refractivity contribution in [3.05, 3.63) is 59.7 Å². The van der Waals surface area contributed by atoms with E-state index in [4.69, 9.17) is 14.2 Å². The topological polar surface area (TPSA) is 95.3 Å². The maximum atomic E-state index is 12.5. The van der Waals surface area contributed by atoms with Crippen molar-refractivity contribution in [2.45, 2.75) is 51.9 Å². The summed E-state index contributed by atoms with van der Waals surface area (Å²) in [6.07, 6.45) is 0.690. The largest absolute Gasteiger partial charge is 0.490 e. The number of amides is 2. The highest BCUT2D eigenvalue weighted by molar-refractivity contribution is 5.69. The van der Waals surface area contributed by atoms with Crippen LogP contribution in [0.1, 0.15) is 44.7 Å². The number of rotatable bonds is 5. The van der Waals surface area contributed by atoms with Gasteiger partial charge in [0.1, 0.15) is 24.1 Å². The van der Waals surface area contributed by atoms with Crippen LogP contribution in [0.25, 0.3) is 0 Å². The zero-order valence-electron chi connectivity index (χ0n) is 22.4. The van der Waals surface area contributed by atoms with Crippen LogP contribution in [0.4, 0.5) is 15.3 Å². The Labute approximate surface area is 224 Å². The first-order valence-electron chi connectivity index (χ1n) is 13.1. The minimum atomic E-state index is -0.528. The van der Waals surface area contributed by atoms with E-state index in [1.807, 2.05) is 63.2 Å². The Hall–Kier alpha value is -3.93. The fourth-order valence-electron chi connectivity index (χ4n) is 4.53. The number of nitriles is 1. The summed E-state index contributed by atoms with van der Waals surface area (Å²) in [4.78, 5) is 30.4. The normalized spacial score (nSPS) is 16.5. The fraction of sp³-hybridized carbons (Fsp3) is 0.483. The molecule has 202 valence electrons. The number of nitrogens with zero attached hydrogens (tertiary/aromatic N) is 4. The molecule has 0 N–H and O–H groups in total. The Balaban J connectivity index is 1.29.